The first-order chi connectivity index (χ1) is 11.8. The van der Waals surface area contributed by atoms with Crippen molar-refractivity contribution < 1.29 is 22.7 Å². The van der Waals surface area contributed by atoms with Crippen molar-refractivity contribution in [3.05, 3.63) is 34.5 Å². The van der Waals surface area contributed by atoms with Crippen LogP contribution in [0.5, 0.6) is 0 Å². The van der Waals surface area contributed by atoms with Crippen LogP contribution in [-0.4, -0.2) is 33.2 Å². The SMILES string of the molecule is COC(=O)c1ccc2nc(Sc3nnc(C)s3)c(C(F)(F)F)nc2c1. The molecule has 6 nitrogen and oxygen atoms in total. The van der Waals surface area contributed by atoms with Gasteiger partial charge in [0, 0.05) is 0 Å². The predicted octanol–water partition coefficient (Wildman–Crippen LogP) is 3.75. The van der Waals surface area contributed by atoms with Crippen molar-refractivity contribution in [2.75, 3.05) is 7.11 Å². The van der Waals surface area contributed by atoms with E-state index in [1.165, 1.54) is 25.3 Å². The number of methoxy groups -OCH3 is 1. The zero-order chi connectivity index (χ0) is 18.2. The van der Waals surface area contributed by atoms with Crippen LogP contribution in [-0.2, 0) is 10.9 Å². The van der Waals surface area contributed by atoms with Crippen LogP contribution in [0.25, 0.3) is 11.0 Å². The summed E-state index contributed by atoms with van der Waals surface area (Å²) < 4.78 is 45.0. The smallest absolute Gasteiger partial charge is 0.436 e. The first kappa shape index (κ1) is 17.5. The van der Waals surface area contributed by atoms with Crippen molar-refractivity contribution in [1.82, 2.24) is 20.2 Å². The Morgan fingerprint density at radius 1 is 1.20 bits per heavy atom. The second-order valence-electron chi connectivity index (χ2n) is 4.76. The Kier molecular flexibility index (Phi) is 4.60. The van der Waals surface area contributed by atoms with Gasteiger partial charge in [-0.3, -0.25) is 0 Å². The molecule has 0 aliphatic rings. The zero-order valence-corrected chi connectivity index (χ0v) is 14.4. The minimum absolute atomic E-state index is 0.0481. The van der Waals surface area contributed by atoms with Gasteiger partial charge in [-0.2, -0.15) is 13.2 Å². The molecule has 3 aromatic rings. The van der Waals surface area contributed by atoms with E-state index in [1.54, 1.807) is 6.92 Å². The molecule has 0 unspecified atom stereocenters. The molecule has 0 aliphatic heterocycles. The fourth-order valence-electron chi connectivity index (χ4n) is 1.94. The molecular weight excluding hydrogens is 377 g/mol. The summed E-state index contributed by atoms with van der Waals surface area (Å²) in [5.74, 6) is -0.667. The second kappa shape index (κ2) is 6.56. The molecule has 3 rings (SSSR count). The third-order valence-electron chi connectivity index (χ3n) is 3.01. The van der Waals surface area contributed by atoms with Gasteiger partial charge in [-0.15, -0.1) is 10.2 Å². The molecule has 2 aromatic heterocycles. The molecule has 0 saturated heterocycles. The predicted molar refractivity (Wildman–Crippen MR) is 84.6 cm³/mol. The number of halogens is 3. The first-order valence-electron chi connectivity index (χ1n) is 6.73. The second-order valence-corrected chi connectivity index (χ2v) is 7.18. The van der Waals surface area contributed by atoms with Crippen LogP contribution in [0, 0.1) is 6.92 Å². The van der Waals surface area contributed by atoms with Gasteiger partial charge in [0.15, 0.2) is 10.0 Å². The maximum atomic E-state index is 13.4. The van der Waals surface area contributed by atoms with Crippen LogP contribution in [0.4, 0.5) is 13.2 Å². The van der Waals surface area contributed by atoms with Gasteiger partial charge in [-0.05, 0) is 36.9 Å². The third-order valence-corrected chi connectivity index (χ3v) is 4.88. The van der Waals surface area contributed by atoms with Crippen LogP contribution in [0.1, 0.15) is 21.1 Å². The topological polar surface area (TPSA) is 77.9 Å². The quantitative estimate of drug-likeness (QED) is 0.635. The van der Waals surface area contributed by atoms with Crippen molar-refractivity contribution in [3.8, 4) is 0 Å². The largest absolute Gasteiger partial charge is 0.465 e. The fourth-order valence-corrected chi connectivity index (χ4v) is 3.77. The molecule has 0 amide bonds. The van der Waals surface area contributed by atoms with Gasteiger partial charge in [0.2, 0.25) is 0 Å². The average molecular weight is 386 g/mol. The monoisotopic (exact) mass is 386 g/mol. The average Bonchev–Trinajstić information content (AvgIpc) is 2.97. The Morgan fingerprint density at radius 3 is 2.56 bits per heavy atom. The highest BCUT2D eigenvalue weighted by atomic mass is 32.2. The van der Waals surface area contributed by atoms with Crippen LogP contribution >= 0.6 is 23.1 Å². The van der Waals surface area contributed by atoms with Crippen molar-refractivity contribution >= 4 is 40.1 Å². The Balaban J connectivity index is 2.13. The molecule has 0 radical (unpaired) electrons. The molecule has 0 spiro atoms. The summed E-state index contributed by atoms with van der Waals surface area (Å²) in [6, 6.07) is 4.05. The van der Waals surface area contributed by atoms with Gasteiger partial charge in [0.1, 0.15) is 10.0 Å². The van der Waals surface area contributed by atoms with Crippen LogP contribution < -0.4 is 0 Å². The Hall–Kier alpha value is -2.27. The summed E-state index contributed by atoms with van der Waals surface area (Å²) in [4.78, 5) is 19.2. The maximum Gasteiger partial charge on any atom is 0.436 e. The lowest BCUT2D eigenvalue weighted by atomic mass is 10.2. The van der Waals surface area contributed by atoms with E-state index in [0.29, 0.717) is 9.35 Å². The molecule has 2 heterocycles. The highest BCUT2D eigenvalue weighted by Gasteiger charge is 2.37. The number of rotatable bonds is 3. The lowest BCUT2D eigenvalue weighted by molar-refractivity contribution is -0.143. The van der Waals surface area contributed by atoms with E-state index in [9.17, 15) is 18.0 Å². The van der Waals surface area contributed by atoms with Gasteiger partial charge < -0.3 is 4.74 Å². The number of benzene rings is 1. The minimum atomic E-state index is -4.70. The van der Waals surface area contributed by atoms with Gasteiger partial charge in [-0.25, -0.2) is 14.8 Å². The lowest BCUT2D eigenvalue weighted by Gasteiger charge is -2.11. The summed E-state index contributed by atoms with van der Waals surface area (Å²) in [5, 5.41) is 7.89. The van der Waals surface area contributed by atoms with E-state index in [2.05, 4.69) is 24.9 Å². The fraction of sp³-hybridized carbons (Fsp3) is 0.214. The van der Waals surface area contributed by atoms with E-state index in [1.807, 2.05) is 0 Å². The number of aromatic nitrogens is 4. The zero-order valence-electron chi connectivity index (χ0n) is 12.8. The summed E-state index contributed by atoms with van der Waals surface area (Å²) in [6.07, 6.45) is -4.70. The van der Waals surface area contributed by atoms with Crippen LogP contribution in [0.3, 0.4) is 0 Å². The van der Waals surface area contributed by atoms with Crippen molar-refractivity contribution in [3.63, 3.8) is 0 Å². The number of carbonyl (C=O) groups excluding carboxylic acids is 1. The van der Waals surface area contributed by atoms with Gasteiger partial charge in [0.05, 0.1) is 23.7 Å². The summed E-state index contributed by atoms with van der Waals surface area (Å²) in [7, 11) is 1.18. The number of hydrogen-bond donors (Lipinski definition) is 0. The third kappa shape index (κ3) is 3.71. The summed E-state index contributed by atoms with van der Waals surface area (Å²) >= 11 is 1.91. The lowest BCUT2D eigenvalue weighted by Crippen LogP contribution is -2.12. The van der Waals surface area contributed by atoms with Crippen molar-refractivity contribution in [1.29, 1.82) is 0 Å². The molecule has 130 valence electrons. The Bertz CT molecular complexity index is 959. The van der Waals surface area contributed by atoms with E-state index in [-0.39, 0.29) is 21.6 Å². The molecule has 1 aromatic carbocycles. The maximum absolute atomic E-state index is 13.4. The molecule has 0 fully saturated rings. The normalized spacial score (nSPS) is 11.7. The summed E-state index contributed by atoms with van der Waals surface area (Å²) in [5.41, 5.74) is -0.866. The van der Waals surface area contributed by atoms with Crippen molar-refractivity contribution in [2.24, 2.45) is 0 Å². The highest BCUT2D eigenvalue weighted by Crippen LogP contribution is 2.39. The van der Waals surface area contributed by atoms with E-state index < -0.39 is 17.8 Å². The molecule has 0 saturated carbocycles. The number of esters is 1. The van der Waals surface area contributed by atoms with Gasteiger partial charge in [0.25, 0.3) is 0 Å². The minimum Gasteiger partial charge on any atom is -0.465 e. The summed E-state index contributed by atoms with van der Waals surface area (Å²) in [6.45, 7) is 1.70. The molecule has 0 atom stereocenters. The van der Waals surface area contributed by atoms with Crippen molar-refractivity contribution in [2.45, 2.75) is 22.5 Å². The number of aryl methyl sites for hydroxylation is 1. The number of ether oxygens (including phenoxy) is 1. The molecule has 0 bridgehead atoms. The number of nitrogens with zero attached hydrogens (tertiary/aromatic N) is 4. The van der Waals surface area contributed by atoms with E-state index >= 15 is 0 Å². The Morgan fingerprint density at radius 2 is 1.96 bits per heavy atom. The number of fused-ring (bicyclic) bond motifs is 1. The van der Waals surface area contributed by atoms with E-state index in [0.717, 1.165) is 23.1 Å². The van der Waals surface area contributed by atoms with Gasteiger partial charge in [-0.1, -0.05) is 11.3 Å². The number of carbonyl (C=O) groups is 1. The number of hydrogen-bond acceptors (Lipinski definition) is 8. The van der Waals surface area contributed by atoms with Crippen LogP contribution in [0.15, 0.2) is 27.6 Å². The van der Waals surface area contributed by atoms with Crippen LogP contribution in [0.2, 0.25) is 0 Å². The van der Waals surface area contributed by atoms with E-state index in [4.69, 9.17) is 0 Å². The molecule has 0 aliphatic carbocycles. The molecular formula is C14H9F3N4O2S2. The molecule has 25 heavy (non-hydrogen) atoms. The Labute approximate surface area is 147 Å². The first-order valence-corrected chi connectivity index (χ1v) is 8.36. The van der Waals surface area contributed by atoms with Gasteiger partial charge >= 0.3 is 12.1 Å². The standard InChI is InChI=1S/C14H9F3N4O2S2/c1-6-20-21-13(24-6)25-11-10(14(15,16)17)18-9-5-7(12(22)23-2)3-4-8(9)19-11/h3-5H,1-2H3. The molecule has 0 N–H and O–H groups in total. The number of alkyl halides is 3. The molecule has 11 heteroatoms. The highest BCUT2D eigenvalue weighted by molar-refractivity contribution is 8.01.